The molecule has 0 fully saturated rings. The standard InChI is InChI=1S/C22H24N2O2S2/c1-16-20-10-13-28-21(20)9-11-23(16)15-22(25)24(14-19-4-3-12-27-19)17-5-7-18(26-2)8-6-17/h3-8,10,12-13,16H,9,11,14-15H2,1-2H3. The van der Waals surface area contributed by atoms with Gasteiger partial charge in [-0.2, -0.15) is 0 Å². The Hall–Kier alpha value is -2.15. The van der Waals surface area contributed by atoms with Crippen molar-refractivity contribution in [2.75, 3.05) is 25.1 Å². The van der Waals surface area contributed by atoms with Gasteiger partial charge < -0.3 is 9.64 Å². The van der Waals surface area contributed by atoms with E-state index in [1.54, 1.807) is 18.4 Å². The fraction of sp³-hybridized carbons (Fsp3) is 0.318. The molecule has 3 aromatic rings. The number of ether oxygens (including phenoxy) is 1. The van der Waals surface area contributed by atoms with E-state index in [1.165, 1.54) is 15.3 Å². The molecule has 3 heterocycles. The minimum absolute atomic E-state index is 0.129. The zero-order valence-corrected chi connectivity index (χ0v) is 17.8. The highest BCUT2D eigenvalue weighted by Gasteiger charge is 2.28. The summed E-state index contributed by atoms with van der Waals surface area (Å²) in [6.07, 6.45) is 1.03. The first-order valence-electron chi connectivity index (χ1n) is 9.43. The molecule has 2 aromatic heterocycles. The third-order valence-electron chi connectivity index (χ3n) is 5.32. The molecular formula is C22H24N2O2S2. The van der Waals surface area contributed by atoms with Gasteiger partial charge >= 0.3 is 0 Å². The normalized spacial score (nSPS) is 16.6. The van der Waals surface area contributed by atoms with Crippen LogP contribution in [0.2, 0.25) is 0 Å². The Morgan fingerprint density at radius 3 is 2.71 bits per heavy atom. The van der Waals surface area contributed by atoms with Gasteiger partial charge in [0.25, 0.3) is 0 Å². The van der Waals surface area contributed by atoms with Crippen molar-refractivity contribution in [1.82, 2.24) is 4.90 Å². The molecule has 6 heteroatoms. The van der Waals surface area contributed by atoms with E-state index >= 15 is 0 Å². The molecule has 28 heavy (non-hydrogen) atoms. The van der Waals surface area contributed by atoms with E-state index in [1.807, 2.05) is 46.6 Å². The van der Waals surface area contributed by atoms with Crippen LogP contribution in [-0.2, 0) is 17.8 Å². The Kier molecular flexibility index (Phi) is 5.80. The number of anilines is 1. The summed E-state index contributed by atoms with van der Waals surface area (Å²) in [5, 5.41) is 4.21. The van der Waals surface area contributed by atoms with Crippen molar-refractivity contribution in [2.24, 2.45) is 0 Å². The van der Waals surface area contributed by atoms with Gasteiger partial charge in [-0.1, -0.05) is 6.07 Å². The lowest BCUT2D eigenvalue weighted by molar-refractivity contribution is -0.120. The number of hydrogen-bond acceptors (Lipinski definition) is 5. The predicted octanol–water partition coefficient (Wildman–Crippen LogP) is 4.97. The van der Waals surface area contributed by atoms with E-state index in [0.29, 0.717) is 13.1 Å². The zero-order valence-electron chi connectivity index (χ0n) is 16.1. The summed E-state index contributed by atoms with van der Waals surface area (Å²) in [5.41, 5.74) is 2.28. The summed E-state index contributed by atoms with van der Waals surface area (Å²) in [6, 6.07) is 14.3. The van der Waals surface area contributed by atoms with Gasteiger partial charge in [-0.05, 0) is 66.1 Å². The van der Waals surface area contributed by atoms with Gasteiger partial charge in [0.15, 0.2) is 0 Å². The van der Waals surface area contributed by atoms with Crippen LogP contribution in [0.25, 0.3) is 0 Å². The molecule has 0 radical (unpaired) electrons. The van der Waals surface area contributed by atoms with Gasteiger partial charge in [0.2, 0.25) is 5.91 Å². The van der Waals surface area contributed by atoms with Crippen LogP contribution in [-0.4, -0.2) is 31.0 Å². The maximum Gasteiger partial charge on any atom is 0.241 e. The Bertz CT molecular complexity index is 918. The highest BCUT2D eigenvalue weighted by Crippen LogP contribution is 2.33. The number of fused-ring (bicyclic) bond motifs is 1. The molecular weight excluding hydrogens is 388 g/mol. The maximum atomic E-state index is 13.3. The molecule has 146 valence electrons. The lowest BCUT2D eigenvalue weighted by Gasteiger charge is -2.34. The highest BCUT2D eigenvalue weighted by molar-refractivity contribution is 7.10. The van der Waals surface area contributed by atoms with E-state index in [2.05, 4.69) is 34.7 Å². The maximum absolute atomic E-state index is 13.3. The first-order chi connectivity index (χ1) is 13.7. The molecule has 1 aliphatic rings. The molecule has 1 amide bonds. The molecule has 1 aliphatic heterocycles. The number of methoxy groups -OCH3 is 1. The molecule has 4 rings (SSSR count). The largest absolute Gasteiger partial charge is 0.497 e. The van der Waals surface area contributed by atoms with Crippen LogP contribution in [0.3, 0.4) is 0 Å². The van der Waals surface area contributed by atoms with E-state index in [9.17, 15) is 4.79 Å². The van der Waals surface area contributed by atoms with Crippen LogP contribution >= 0.6 is 22.7 Å². The van der Waals surface area contributed by atoms with Gasteiger partial charge in [0.1, 0.15) is 5.75 Å². The monoisotopic (exact) mass is 412 g/mol. The number of hydrogen-bond donors (Lipinski definition) is 0. The molecule has 0 aliphatic carbocycles. The summed E-state index contributed by atoms with van der Waals surface area (Å²) >= 11 is 3.51. The minimum atomic E-state index is 0.129. The van der Waals surface area contributed by atoms with Crippen LogP contribution in [0.4, 0.5) is 5.69 Å². The van der Waals surface area contributed by atoms with Crippen molar-refractivity contribution in [3.8, 4) is 5.75 Å². The van der Waals surface area contributed by atoms with E-state index < -0.39 is 0 Å². The van der Waals surface area contributed by atoms with Gasteiger partial charge in [-0.15, -0.1) is 22.7 Å². The Labute approximate surface area is 174 Å². The van der Waals surface area contributed by atoms with E-state index in [-0.39, 0.29) is 11.9 Å². The van der Waals surface area contributed by atoms with E-state index in [4.69, 9.17) is 4.74 Å². The van der Waals surface area contributed by atoms with Crippen LogP contribution < -0.4 is 9.64 Å². The number of nitrogens with zero attached hydrogens (tertiary/aromatic N) is 2. The number of carbonyl (C=O) groups excluding carboxylic acids is 1. The lowest BCUT2D eigenvalue weighted by Crippen LogP contribution is -2.43. The molecule has 0 spiro atoms. The molecule has 0 N–H and O–H groups in total. The summed E-state index contributed by atoms with van der Waals surface area (Å²) in [6.45, 7) is 4.15. The van der Waals surface area contributed by atoms with Gasteiger partial charge in [-0.25, -0.2) is 0 Å². The molecule has 1 unspecified atom stereocenters. The summed E-state index contributed by atoms with van der Waals surface area (Å²) in [4.78, 5) is 20.2. The summed E-state index contributed by atoms with van der Waals surface area (Å²) in [7, 11) is 1.65. The van der Waals surface area contributed by atoms with Crippen LogP contribution in [0.5, 0.6) is 5.75 Å². The van der Waals surface area contributed by atoms with Crippen molar-refractivity contribution in [3.05, 3.63) is 68.5 Å². The Balaban J connectivity index is 1.54. The third kappa shape index (κ3) is 3.99. The van der Waals surface area contributed by atoms with Crippen molar-refractivity contribution in [2.45, 2.75) is 25.9 Å². The van der Waals surface area contributed by atoms with Crippen LogP contribution in [0.15, 0.2) is 53.2 Å². The molecule has 0 saturated carbocycles. The topological polar surface area (TPSA) is 32.8 Å². The van der Waals surface area contributed by atoms with Crippen molar-refractivity contribution >= 4 is 34.3 Å². The number of carbonyl (C=O) groups is 1. The SMILES string of the molecule is COc1ccc(N(Cc2cccs2)C(=O)CN2CCc3sccc3C2C)cc1. The van der Waals surface area contributed by atoms with E-state index in [0.717, 1.165) is 24.4 Å². The number of benzene rings is 1. The van der Waals surface area contributed by atoms with Gasteiger partial charge in [0, 0.05) is 28.0 Å². The second-order valence-electron chi connectivity index (χ2n) is 6.95. The van der Waals surface area contributed by atoms with Crippen molar-refractivity contribution in [3.63, 3.8) is 0 Å². The molecule has 0 bridgehead atoms. The second kappa shape index (κ2) is 8.47. The van der Waals surface area contributed by atoms with Crippen LogP contribution in [0, 0.1) is 0 Å². The first kappa shape index (κ1) is 19.2. The summed E-state index contributed by atoms with van der Waals surface area (Å²) < 4.78 is 5.27. The fourth-order valence-electron chi connectivity index (χ4n) is 3.68. The second-order valence-corrected chi connectivity index (χ2v) is 8.99. The molecule has 1 atom stereocenters. The number of rotatable bonds is 6. The molecule has 4 nitrogen and oxygen atoms in total. The zero-order chi connectivity index (χ0) is 19.5. The van der Waals surface area contributed by atoms with Crippen molar-refractivity contribution in [1.29, 1.82) is 0 Å². The minimum Gasteiger partial charge on any atom is -0.497 e. The lowest BCUT2D eigenvalue weighted by atomic mass is 10.0. The average Bonchev–Trinajstić information content (AvgIpc) is 3.40. The molecule has 0 saturated heterocycles. The Morgan fingerprint density at radius 1 is 1.18 bits per heavy atom. The van der Waals surface area contributed by atoms with Crippen LogP contribution in [0.1, 0.15) is 28.3 Å². The average molecular weight is 413 g/mol. The van der Waals surface area contributed by atoms with Crippen molar-refractivity contribution < 1.29 is 9.53 Å². The number of thiophene rings is 2. The Morgan fingerprint density at radius 2 is 2.00 bits per heavy atom. The van der Waals surface area contributed by atoms with Gasteiger partial charge in [-0.3, -0.25) is 9.69 Å². The fourth-order valence-corrected chi connectivity index (χ4v) is 5.34. The third-order valence-corrected chi connectivity index (χ3v) is 7.18. The molecule has 1 aromatic carbocycles. The summed E-state index contributed by atoms with van der Waals surface area (Å²) in [5.74, 6) is 0.922. The highest BCUT2D eigenvalue weighted by atomic mass is 32.1. The predicted molar refractivity (Wildman–Crippen MR) is 117 cm³/mol. The quantitative estimate of drug-likeness (QED) is 0.573. The number of amides is 1. The van der Waals surface area contributed by atoms with Gasteiger partial charge in [0.05, 0.1) is 20.2 Å². The first-order valence-corrected chi connectivity index (χ1v) is 11.2. The smallest absolute Gasteiger partial charge is 0.241 e.